The molecular formula is C14H23NO4. The molecule has 0 aromatic heterocycles. The first-order valence-corrected chi connectivity index (χ1v) is 6.43. The summed E-state index contributed by atoms with van der Waals surface area (Å²) in [6.07, 6.45) is -0.580. The molecule has 5 heteroatoms. The molecule has 2 unspecified atom stereocenters. The van der Waals surface area contributed by atoms with E-state index < -0.39 is 6.10 Å². The van der Waals surface area contributed by atoms with E-state index in [9.17, 15) is 5.11 Å². The third-order valence-corrected chi connectivity index (χ3v) is 2.88. The summed E-state index contributed by atoms with van der Waals surface area (Å²) in [6, 6.07) is 7.28. The van der Waals surface area contributed by atoms with E-state index in [0.717, 1.165) is 11.3 Å². The molecule has 19 heavy (non-hydrogen) atoms. The van der Waals surface area contributed by atoms with Crippen LogP contribution in [-0.4, -0.2) is 49.7 Å². The Morgan fingerprint density at radius 3 is 2.47 bits per heavy atom. The largest absolute Gasteiger partial charge is 0.497 e. The summed E-state index contributed by atoms with van der Waals surface area (Å²) in [7, 11) is 1.61. The van der Waals surface area contributed by atoms with Gasteiger partial charge in [0, 0.05) is 12.6 Å². The third kappa shape index (κ3) is 5.57. The number of nitrogens with one attached hydrogen (secondary N) is 1. The van der Waals surface area contributed by atoms with E-state index in [1.165, 1.54) is 0 Å². The molecule has 108 valence electrons. The molecule has 2 atom stereocenters. The average Bonchev–Trinajstić information content (AvgIpc) is 2.46. The van der Waals surface area contributed by atoms with Crippen LogP contribution in [0, 0.1) is 0 Å². The Labute approximate surface area is 114 Å². The fourth-order valence-corrected chi connectivity index (χ4v) is 1.73. The Bertz CT molecular complexity index is 342. The summed E-state index contributed by atoms with van der Waals surface area (Å²) >= 11 is 0. The topological polar surface area (TPSA) is 71.0 Å². The van der Waals surface area contributed by atoms with Gasteiger partial charge in [0.2, 0.25) is 0 Å². The van der Waals surface area contributed by atoms with Gasteiger partial charge in [0.1, 0.15) is 5.75 Å². The van der Waals surface area contributed by atoms with Crippen molar-refractivity contribution in [2.24, 2.45) is 0 Å². The molecular weight excluding hydrogens is 246 g/mol. The Morgan fingerprint density at radius 1 is 1.21 bits per heavy atom. The molecule has 0 fully saturated rings. The highest BCUT2D eigenvalue weighted by Crippen LogP contribution is 2.19. The lowest BCUT2D eigenvalue weighted by atomic mass is 10.0. The second-order valence-corrected chi connectivity index (χ2v) is 4.30. The summed E-state index contributed by atoms with van der Waals surface area (Å²) in [5, 5.41) is 21.9. The number of aliphatic hydroxyl groups excluding tert-OH is 2. The molecule has 0 radical (unpaired) electrons. The van der Waals surface area contributed by atoms with E-state index in [1.807, 2.05) is 31.2 Å². The van der Waals surface area contributed by atoms with Crippen molar-refractivity contribution in [2.75, 3.05) is 33.5 Å². The number of benzene rings is 1. The van der Waals surface area contributed by atoms with Crippen molar-refractivity contribution in [3.8, 4) is 5.75 Å². The lowest BCUT2D eigenvalue weighted by molar-refractivity contribution is 0.0849. The van der Waals surface area contributed by atoms with Crippen molar-refractivity contribution in [3.05, 3.63) is 29.8 Å². The summed E-state index contributed by atoms with van der Waals surface area (Å²) in [6.45, 7) is 3.44. The van der Waals surface area contributed by atoms with E-state index in [0.29, 0.717) is 19.8 Å². The molecule has 0 saturated carbocycles. The van der Waals surface area contributed by atoms with Crippen LogP contribution in [0.25, 0.3) is 0 Å². The fraction of sp³-hybridized carbons (Fsp3) is 0.571. The number of hydrogen-bond acceptors (Lipinski definition) is 5. The highest BCUT2D eigenvalue weighted by Gasteiger charge is 2.15. The third-order valence-electron chi connectivity index (χ3n) is 2.88. The van der Waals surface area contributed by atoms with E-state index in [4.69, 9.17) is 14.6 Å². The number of hydrogen-bond donors (Lipinski definition) is 3. The van der Waals surface area contributed by atoms with Crippen LogP contribution in [0.5, 0.6) is 5.75 Å². The van der Waals surface area contributed by atoms with Crippen molar-refractivity contribution in [1.82, 2.24) is 5.32 Å². The zero-order chi connectivity index (χ0) is 14.1. The summed E-state index contributed by atoms with van der Waals surface area (Å²) < 4.78 is 10.2. The first-order chi connectivity index (χ1) is 9.19. The summed E-state index contributed by atoms with van der Waals surface area (Å²) in [5.41, 5.74) is 0.845. The van der Waals surface area contributed by atoms with Crippen molar-refractivity contribution in [3.63, 3.8) is 0 Å². The second-order valence-electron chi connectivity index (χ2n) is 4.30. The van der Waals surface area contributed by atoms with Crippen molar-refractivity contribution in [1.29, 1.82) is 0 Å². The van der Waals surface area contributed by atoms with Gasteiger partial charge in [-0.25, -0.2) is 0 Å². The van der Waals surface area contributed by atoms with Crippen LogP contribution in [0.1, 0.15) is 18.6 Å². The highest BCUT2D eigenvalue weighted by atomic mass is 16.5. The van der Waals surface area contributed by atoms with Gasteiger partial charge in [0.25, 0.3) is 0 Å². The molecule has 0 spiro atoms. The molecule has 0 saturated heterocycles. The van der Waals surface area contributed by atoms with Crippen molar-refractivity contribution >= 4 is 0 Å². The summed E-state index contributed by atoms with van der Waals surface area (Å²) in [4.78, 5) is 0. The Morgan fingerprint density at radius 2 is 1.89 bits per heavy atom. The average molecular weight is 269 g/mol. The second kappa shape index (κ2) is 8.87. The highest BCUT2D eigenvalue weighted by molar-refractivity contribution is 5.28. The quantitative estimate of drug-likeness (QED) is 0.576. The zero-order valence-electron chi connectivity index (χ0n) is 11.5. The normalized spacial score (nSPS) is 14.1. The van der Waals surface area contributed by atoms with Gasteiger partial charge in [-0.1, -0.05) is 12.1 Å². The molecule has 0 aliphatic carbocycles. The van der Waals surface area contributed by atoms with Crippen LogP contribution in [0.3, 0.4) is 0 Å². The minimum atomic E-state index is -0.580. The molecule has 5 nitrogen and oxygen atoms in total. The number of methoxy groups -OCH3 is 1. The minimum absolute atomic E-state index is 0.0318. The minimum Gasteiger partial charge on any atom is -0.497 e. The first-order valence-electron chi connectivity index (χ1n) is 6.43. The van der Waals surface area contributed by atoms with Crippen molar-refractivity contribution < 1.29 is 19.7 Å². The van der Waals surface area contributed by atoms with E-state index in [1.54, 1.807) is 7.11 Å². The smallest absolute Gasteiger partial charge is 0.118 e. The lowest BCUT2D eigenvalue weighted by Gasteiger charge is -2.20. The first kappa shape index (κ1) is 15.9. The monoisotopic (exact) mass is 269 g/mol. The molecule has 0 amide bonds. The maximum Gasteiger partial charge on any atom is 0.118 e. The van der Waals surface area contributed by atoms with E-state index >= 15 is 0 Å². The van der Waals surface area contributed by atoms with Gasteiger partial charge in [-0.3, -0.25) is 0 Å². The van der Waals surface area contributed by atoms with E-state index in [-0.39, 0.29) is 12.6 Å². The zero-order valence-corrected chi connectivity index (χ0v) is 11.5. The van der Waals surface area contributed by atoms with Gasteiger partial charge in [0.05, 0.1) is 33.0 Å². The van der Waals surface area contributed by atoms with Gasteiger partial charge in [-0.05, 0) is 24.6 Å². The lowest BCUT2D eigenvalue weighted by Crippen LogP contribution is -2.34. The van der Waals surface area contributed by atoms with E-state index in [2.05, 4.69) is 5.32 Å². The van der Waals surface area contributed by atoms with Crippen molar-refractivity contribution in [2.45, 2.75) is 19.1 Å². The fourth-order valence-electron chi connectivity index (χ4n) is 1.73. The molecule has 3 N–H and O–H groups in total. The summed E-state index contributed by atoms with van der Waals surface area (Å²) in [5.74, 6) is 0.772. The van der Waals surface area contributed by atoms with Gasteiger partial charge in [-0.2, -0.15) is 0 Å². The molecule has 1 rings (SSSR count). The van der Waals surface area contributed by atoms with Gasteiger partial charge >= 0.3 is 0 Å². The predicted octanol–water partition coefficient (Wildman–Crippen LogP) is 0.716. The molecule has 0 aliphatic rings. The molecule has 0 aliphatic heterocycles. The SMILES string of the molecule is COc1ccc(C(O)C(C)NCCOCCO)cc1. The molecule has 0 bridgehead atoms. The van der Waals surface area contributed by atoms with Gasteiger partial charge in [0.15, 0.2) is 0 Å². The Hall–Kier alpha value is -1.14. The standard InChI is InChI=1S/C14H23NO4/c1-11(15-7-9-19-10-8-16)14(17)12-3-5-13(18-2)6-4-12/h3-6,11,14-17H,7-10H2,1-2H3. The van der Waals surface area contributed by atoms with Crippen LogP contribution in [0.2, 0.25) is 0 Å². The Balaban J connectivity index is 2.36. The van der Waals surface area contributed by atoms with Crippen LogP contribution in [-0.2, 0) is 4.74 Å². The predicted molar refractivity (Wildman–Crippen MR) is 73.3 cm³/mol. The van der Waals surface area contributed by atoms with Gasteiger partial charge in [-0.15, -0.1) is 0 Å². The molecule has 1 aromatic carbocycles. The van der Waals surface area contributed by atoms with Crippen LogP contribution in [0.4, 0.5) is 0 Å². The number of rotatable bonds is 9. The number of aliphatic hydroxyl groups is 2. The maximum absolute atomic E-state index is 10.2. The Kier molecular flexibility index (Phi) is 7.43. The van der Waals surface area contributed by atoms with Gasteiger partial charge < -0.3 is 25.0 Å². The van der Waals surface area contributed by atoms with Crippen LogP contribution in [0.15, 0.2) is 24.3 Å². The van der Waals surface area contributed by atoms with Crippen LogP contribution >= 0.6 is 0 Å². The molecule has 0 heterocycles. The maximum atomic E-state index is 10.2. The number of ether oxygens (including phenoxy) is 2. The molecule has 1 aromatic rings. The van der Waals surface area contributed by atoms with Crippen LogP contribution < -0.4 is 10.1 Å².